The molecule has 8 rings (SSSR count). The zero-order valence-corrected chi connectivity index (χ0v) is 43.2. The molecule has 0 aromatic heterocycles. The number of hydrogen-bond acceptors (Lipinski definition) is 10. The predicted molar refractivity (Wildman–Crippen MR) is 266 cm³/mol. The Hall–Kier alpha value is -4.53. The van der Waals surface area contributed by atoms with Crippen molar-refractivity contribution in [2.75, 3.05) is 33.3 Å². The molecular weight excluding hydrogens is 1120 g/mol. The smallest absolute Gasteiger partial charge is 0.326 e. The summed E-state index contributed by atoms with van der Waals surface area (Å²) in [5, 5.41) is 35.0. The molecule has 2 fully saturated rings. The zero-order chi connectivity index (χ0) is 48.4. The summed E-state index contributed by atoms with van der Waals surface area (Å²) in [6.07, 6.45) is 4.89. The number of nitrogens with one attached hydrogen (secondary N) is 2. The van der Waals surface area contributed by atoms with Crippen molar-refractivity contribution < 1.29 is 44.0 Å². The number of nitrogens with two attached hydrogens (primary N) is 1. The first-order valence-corrected chi connectivity index (χ1v) is 25.1. The third kappa shape index (κ3) is 13.8. The number of urea groups is 1. The highest BCUT2D eigenvalue weighted by molar-refractivity contribution is 9.11. The van der Waals surface area contributed by atoms with Crippen LogP contribution in [0.15, 0.2) is 90.7 Å². The Kier molecular flexibility index (Phi) is 18.7. The number of aromatic hydroxyl groups is 2. The topological polar surface area (TPSA) is 215 Å². The van der Waals surface area contributed by atoms with Crippen molar-refractivity contribution in [3.63, 3.8) is 0 Å². The van der Waals surface area contributed by atoms with Gasteiger partial charge in [-0.05, 0) is 167 Å². The number of benzene rings is 4. The lowest BCUT2D eigenvalue weighted by Crippen LogP contribution is -2.54. The number of likely N-dealkylation sites (tertiary alicyclic amines) is 1. The number of amides is 4. The van der Waals surface area contributed by atoms with E-state index in [-0.39, 0.29) is 29.9 Å². The molecule has 0 radical (unpaired) electrons. The van der Waals surface area contributed by atoms with Gasteiger partial charge in [-0.15, -0.1) is 0 Å². The third-order valence-electron chi connectivity index (χ3n) is 12.3. The molecule has 4 aromatic rings. The fourth-order valence-electron chi connectivity index (χ4n) is 8.64. The second kappa shape index (κ2) is 24.2. The van der Waals surface area contributed by atoms with Gasteiger partial charge in [0.1, 0.15) is 23.6 Å². The van der Waals surface area contributed by atoms with Gasteiger partial charge in [0.15, 0.2) is 0 Å². The third-order valence-corrected chi connectivity index (χ3v) is 14.8. The number of carbonyl (C=O) groups is 5. The molecule has 4 heterocycles. The summed E-state index contributed by atoms with van der Waals surface area (Å²) >= 11 is 12.9. The van der Waals surface area contributed by atoms with Crippen molar-refractivity contribution in [1.29, 1.82) is 0 Å². The molecule has 4 aliphatic rings. The Labute approximate surface area is 423 Å². The second-order valence-corrected chi connectivity index (χ2v) is 20.2. The van der Waals surface area contributed by atoms with Gasteiger partial charge in [-0.3, -0.25) is 14.4 Å². The van der Waals surface area contributed by atoms with Crippen LogP contribution in [0.4, 0.5) is 4.79 Å². The Morgan fingerprint density at radius 2 is 1.13 bits per heavy atom. The first-order chi connectivity index (χ1) is 32.0. The zero-order valence-electron chi connectivity index (χ0n) is 36.9. The van der Waals surface area contributed by atoms with E-state index in [1.165, 1.54) is 23.8 Å². The number of carboxylic acids is 1. The number of methoxy groups -OCH3 is 1. The van der Waals surface area contributed by atoms with E-state index in [9.17, 15) is 39.3 Å². The van der Waals surface area contributed by atoms with E-state index in [2.05, 4.69) is 108 Å². The average molecular weight is 1180 g/mol. The molecule has 4 aromatic carbocycles. The van der Waals surface area contributed by atoms with E-state index in [1.54, 1.807) is 29.2 Å². The quantitative estimate of drug-likeness (QED) is 0.0943. The van der Waals surface area contributed by atoms with Gasteiger partial charge in [0.2, 0.25) is 11.8 Å². The number of phenolic OH excluding ortho intramolecular Hbond substituents is 2. The van der Waals surface area contributed by atoms with Gasteiger partial charge in [-0.25, -0.2) is 9.59 Å². The summed E-state index contributed by atoms with van der Waals surface area (Å²) in [6.45, 7) is 4.37. The molecule has 4 amide bonds. The largest absolute Gasteiger partial charge is 0.506 e. The van der Waals surface area contributed by atoms with Gasteiger partial charge in [-0.1, -0.05) is 48.5 Å². The van der Waals surface area contributed by atoms with Gasteiger partial charge in [0.05, 0.1) is 37.8 Å². The maximum Gasteiger partial charge on any atom is 0.326 e. The SMILES string of the molecule is COC(=O)[C@H](N)Cc1cc(Br)c(O)c(Br)c1.O=C(O)[C@@H](Cc1cc(Br)c(O)c(Br)c1)NC(=O)N1CCC(N2Cc3ccccc3CC2=O)CC1.O=C1Cc2ccccc2CN1C1CCNCC1. The summed E-state index contributed by atoms with van der Waals surface area (Å²) in [5.74, 6) is -1.04. The summed E-state index contributed by atoms with van der Waals surface area (Å²) in [7, 11) is 1.30. The number of aliphatic carboxylic acids is 1. The van der Waals surface area contributed by atoms with Crippen LogP contribution >= 0.6 is 63.7 Å². The van der Waals surface area contributed by atoms with Gasteiger partial charge >= 0.3 is 18.0 Å². The molecule has 0 bridgehead atoms. The van der Waals surface area contributed by atoms with E-state index in [1.807, 2.05) is 29.2 Å². The van der Waals surface area contributed by atoms with E-state index in [0.717, 1.165) is 43.6 Å². The van der Waals surface area contributed by atoms with Crippen LogP contribution in [0, 0.1) is 0 Å². The number of hydrogen-bond donors (Lipinski definition) is 6. The summed E-state index contributed by atoms with van der Waals surface area (Å²) in [6, 6.07) is 21.2. The van der Waals surface area contributed by atoms with Crippen molar-refractivity contribution in [3.05, 3.63) is 124 Å². The van der Waals surface area contributed by atoms with Gasteiger partial charge in [0, 0.05) is 44.7 Å². The number of halogens is 4. The van der Waals surface area contributed by atoms with Gasteiger partial charge in [0.25, 0.3) is 0 Å². The Bertz CT molecular complexity index is 2400. The number of esters is 1. The maximum atomic E-state index is 12.8. The molecule has 7 N–H and O–H groups in total. The monoisotopic (exact) mass is 1170 g/mol. The van der Waals surface area contributed by atoms with Crippen LogP contribution in [-0.4, -0.2) is 117 Å². The lowest BCUT2D eigenvalue weighted by Gasteiger charge is -2.40. The summed E-state index contributed by atoms with van der Waals surface area (Å²) < 4.78 is 6.50. The fourth-order valence-corrected chi connectivity index (χ4v) is 11.2. The molecule has 2 saturated heterocycles. The number of fused-ring (bicyclic) bond motifs is 2. The number of carbonyl (C=O) groups excluding carboxylic acids is 4. The number of nitrogens with zero attached hydrogens (tertiary/aromatic N) is 3. The van der Waals surface area contributed by atoms with E-state index >= 15 is 0 Å². The van der Waals surface area contributed by atoms with Crippen molar-refractivity contribution in [1.82, 2.24) is 25.3 Å². The fraction of sp³-hybridized carbons (Fsp3) is 0.396. The number of ether oxygens (including phenoxy) is 1. The normalized spacial score (nSPS) is 17.1. The van der Waals surface area contributed by atoms with Crippen LogP contribution in [0.2, 0.25) is 0 Å². The predicted octanol–water partition coefficient (Wildman–Crippen LogP) is 6.96. The van der Waals surface area contributed by atoms with Gasteiger partial charge < -0.3 is 51.1 Å². The first kappa shape index (κ1) is 51.9. The first-order valence-electron chi connectivity index (χ1n) is 21.9. The lowest BCUT2D eigenvalue weighted by atomic mass is 9.95. The van der Waals surface area contributed by atoms with Gasteiger partial charge in [-0.2, -0.15) is 0 Å². The molecule has 0 aliphatic carbocycles. The highest BCUT2D eigenvalue weighted by Crippen LogP contribution is 2.35. The minimum atomic E-state index is -1.14. The maximum absolute atomic E-state index is 12.8. The van der Waals surface area contributed by atoms with Crippen molar-refractivity contribution in [2.24, 2.45) is 5.73 Å². The number of phenols is 2. The molecule has 2 atom stereocenters. The Morgan fingerprint density at radius 3 is 1.57 bits per heavy atom. The van der Waals surface area contributed by atoms with Crippen molar-refractivity contribution in [2.45, 2.75) is 88.6 Å². The van der Waals surface area contributed by atoms with Crippen molar-refractivity contribution in [3.8, 4) is 11.5 Å². The average Bonchev–Trinajstić information content (AvgIpc) is 3.32. The summed E-state index contributed by atoms with van der Waals surface area (Å²) in [5.41, 5.74) is 11.9. The van der Waals surface area contributed by atoms with Crippen LogP contribution in [0.3, 0.4) is 0 Å². The Morgan fingerprint density at radius 1 is 0.716 bits per heavy atom. The molecule has 0 spiro atoms. The number of rotatable bonds is 9. The molecule has 0 saturated carbocycles. The van der Waals surface area contributed by atoms with Crippen LogP contribution in [0.5, 0.6) is 11.5 Å². The minimum absolute atomic E-state index is 0.0261. The van der Waals surface area contributed by atoms with Crippen LogP contribution < -0.4 is 16.4 Å². The van der Waals surface area contributed by atoms with Crippen molar-refractivity contribution >= 4 is 93.5 Å². The standard InChI is InChI=1S/C24H25Br2N3O5.C14H18N2O.C10H11Br2NO3/c25-18-9-14(10-19(26)22(18)31)11-20(23(32)33)27-24(34)28-7-5-17(6-8-28)29-13-16-4-2-1-3-15(16)12-21(29)30;17-14-9-11-3-1-2-4-12(11)10-16(14)13-5-7-15-8-6-13;1-16-10(15)8(13)4-5-2-6(11)9(14)7(12)3-5/h1-4,9-10,17,20,31H,5-8,11-13H2,(H,27,34)(H,32,33);1-4,13,15H,5-10H2;2-3,8,14H,4,13H2,1H3/t20-;;8-/m1.1/s1. The molecule has 15 nitrogen and oxygen atoms in total. The van der Waals surface area contributed by atoms with E-state index < -0.39 is 30.1 Å². The highest BCUT2D eigenvalue weighted by Gasteiger charge is 2.34. The molecule has 0 unspecified atom stereocenters. The molecule has 67 heavy (non-hydrogen) atoms. The van der Waals surface area contributed by atoms with E-state index in [4.69, 9.17) is 5.73 Å². The molecule has 358 valence electrons. The second-order valence-electron chi connectivity index (χ2n) is 16.8. The molecule has 4 aliphatic heterocycles. The lowest BCUT2D eigenvalue weighted by molar-refractivity contribution is -0.142. The van der Waals surface area contributed by atoms with Crippen LogP contribution in [0.25, 0.3) is 0 Å². The summed E-state index contributed by atoms with van der Waals surface area (Å²) in [4.78, 5) is 66.2. The highest BCUT2D eigenvalue weighted by atomic mass is 79.9. The molecular formula is C48H54Br4N6O9. The Balaban J connectivity index is 0.000000187. The van der Waals surface area contributed by atoms with Crippen LogP contribution in [0.1, 0.15) is 59.1 Å². The molecule has 19 heteroatoms. The number of carboxylic acid groups (broad SMARTS) is 1. The van der Waals surface area contributed by atoms with E-state index in [0.29, 0.717) is 87.1 Å². The minimum Gasteiger partial charge on any atom is -0.506 e. The number of piperidine rings is 2. The van der Waals surface area contributed by atoms with Crippen LogP contribution in [-0.2, 0) is 62.7 Å².